The van der Waals surface area contributed by atoms with E-state index < -0.39 is 0 Å². The van der Waals surface area contributed by atoms with Gasteiger partial charge in [0, 0.05) is 30.5 Å². The Morgan fingerprint density at radius 2 is 2.05 bits per heavy atom. The van der Waals surface area contributed by atoms with Crippen molar-refractivity contribution in [2.24, 2.45) is 0 Å². The fourth-order valence-corrected chi connectivity index (χ4v) is 3.27. The van der Waals surface area contributed by atoms with E-state index in [2.05, 4.69) is 13.0 Å². The van der Waals surface area contributed by atoms with Crippen LogP contribution in [0.1, 0.15) is 35.8 Å². The van der Waals surface area contributed by atoms with Crippen molar-refractivity contribution in [2.75, 3.05) is 19.7 Å². The molecular weight excluding hydrogens is 264 g/mol. The first kappa shape index (κ1) is 14.1. The molecule has 1 aliphatic heterocycles. The molecule has 0 aliphatic carbocycles. The van der Waals surface area contributed by atoms with E-state index in [-0.39, 0.29) is 12.5 Å². The number of aliphatic hydroxyl groups is 1. The molecule has 0 fully saturated rings. The van der Waals surface area contributed by atoms with Crippen LogP contribution in [0, 0.1) is 0 Å². The molecule has 2 heterocycles. The zero-order valence-electron chi connectivity index (χ0n) is 12.5. The average molecular weight is 286 g/mol. The first-order chi connectivity index (χ1) is 10.3. The van der Waals surface area contributed by atoms with Crippen LogP contribution in [0.4, 0.5) is 0 Å². The minimum atomic E-state index is 0.0490. The summed E-state index contributed by atoms with van der Waals surface area (Å²) in [5.41, 5.74) is 2.99. The van der Waals surface area contributed by atoms with Crippen molar-refractivity contribution in [1.82, 2.24) is 9.47 Å². The van der Waals surface area contributed by atoms with Gasteiger partial charge >= 0.3 is 0 Å². The molecule has 112 valence electrons. The van der Waals surface area contributed by atoms with E-state index in [1.807, 2.05) is 27.7 Å². The molecule has 0 atom stereocenters. The third-order valence-electron chi connectivity index (χ3n) is 4.30. The van der Waals surface area contributed by atoms with E-state index in [9.17, 15) is 9.90 Å². The number of rotatable bonds is 5. The number of aromatic nitrogens is 1. The fraction of sp³-hybridized carbons (Fsp3) is 0.471. The van der Waals surface area contributed by atoms with Gasteiger partial charge in [-0.15, -0.1) is 0 Å². The number of aliphatic hydroxyl groups excluding tert-OH is 1. The van der Waals surface area contributed by atoms with Crippen molar-refractivity contribution < 1.29 is 9.90 Å². The molecule has 0 saturated heterocycles. The summed E-state index contributed by atoms with van der Waals surface area (Å²) in [5.74, 6) is 0.120. The van der Waals surface area contributed by atoms with Gasteiger partial charge < -0.3 is 14.6 Å². The maximum atomic E-state index is 12.8. The van der Waals surface area contributed by atoms with Gasteiger partial charge in [0.2, 0.25) is 0 Å². The Balaban J connectivity index is 2.09. The number of amides is 1. The van der Waals surface area contributed by atoms with Crippen molar-refractivity contribution in [3.63, 3.8) is 0 Å². The van der Waals surface area contributed by atoms with Crippen LogP contribution in [0.2, 0.25) is 0 Å². The smallest absolute Gasteiger partial charge is 0.270 e. The van der Waals surface area contributed by atoms with Crippen molar-refractivity contribution in [1.29, 1.82) is 0 Å². The van der Waals surface area contributed by atoms with Crippen LogP contribution in [0.15, 0.2) is 24.3 Å². The van der Waals surface area contributed by atoms with Gasteiger partial charge in [-0.05, 0) is 24.5 Å². The molecule has 0 saturated carbocycles. The first-order valence-corrected chi connectivity index (χ1v) is 7.78. The standard InChI is InChI=1S/C17H22N2O2/c1-2-3-9-18-10-8-14-13-6-4-5-7-15(13)19(11-12-20)16(14)17(18)21/h4-7,20H,2-3,8-12H2,1H3. The van der Waals surface area contributed by atoms with Crippen LogP contribution in [-0.2, 0) is 13.0 Å². The highest BCUT2D eigenvalue weighted by Gasteiger charge is 2.30. The number of hydrogen-bond acceptors (Lipinski definition) is 2. The van der Waals surface area contributed by atoms with Crippen molar-refractivity contribution in [3.05, 3.63) is 35.5 Å². The Morgan fingerprint density at radius 3 is 2.81 bits per heavy atom. The topological polar surface area (TPSA) is 45.5 Å². The molecule has 0 spiro atoms. The number of carbonyl (C=O) groups excluding carboxylic acids is 1. The van der Waals surface area contributed by atoms with Crippen LogP contribution in [0.5, 0.6) is 0 Å². The van der Waals surface area contributed by atoms with Crippen LogP contribution >= 0.6 is 0 Å². The van der Waals surface area contributed by atoms with Gasteiger partial charge in [0.05, 0.1) is 6.61 Å². The Hall–Kier alpha value is -1.81. The quantitative estimate of drug-likeness (QED) is 0.917. The Kier molecular flexibility index (Phi) is 3.97. The van der Waals surface area contributed by atoms with Gasteiger partial charge in [-0.2, -0.15) is 0 Å². The first-order valence-electron chi connectivity index (χ1n) is 7.78. The number of hydrogen-bond donors (Lipinski definition) is 1. The highest BCUT2D eigenvalue weighted by atomic mass is 16.3. The predicted octanol–water partition coefficient (Wildman–Crippen LogP) is 2.43. The summed E-state index contributed by atoms with van der Waals surface area (Å²) in [7, 11) is 0. The lowest BCUT2D eigenvalue weighted by molar-refractivity contribution is 0.0725. The van der Waals surface area contributed by atoms with E-state index in [1.54, 1.807) is 0 Å². The van der Waals surface area contributed by atoms with Gasteiger partial charge in [0.15, 0.2) is 0 Å². The molecule has 1 aromatic carbocycles. The molecule has 0 radical (unpaired) electrons. The second-order valence-corrected chi connectivity index (χ2v) is 5.62. The third-order valence-corrected chi connectivity index (χ3v) is 4.30. The molecular formula is C17H22N2O2. The Morgan fingerprint density at radius 1 is 1.24 bits per heavy atom. The van der Waals surface area contributed by atoms with Crippen molar-refractivity contribution in [3.8, 4) is 0 Å². The number of fused-ring (bicyclic) bond motifs is 3. The van der Waals surface area contributed by atoms with E-state index in [0.29, 0.717) is 6.54 Å². The number of carbonyl (C=O) groups is 1. The van der Waals surface area contributed by atoms with Gasteiger partial charge in [0.1, 0.15) is 5.69 Å². The largest absolute Gasteiger partial charge is 0.395 e. The average Bonchev–Trinajstić information content (AvgIpc) is 2.82. The van der Waals surface area contributed by atoms with E-state index in [1.165, 1.54) is 0 Å². The minimum Gasteiger partial charge on any atom is -0.395 e. The maximum Gasteiger partial charge on any atom is 0.270 e. The molecule has 3 rings (SSSR count). The molecule has 1 aromatic heterocycles. The molecule has 2 aromatic rings. The summed E-state index contributed by atoms with van der Waals surface area (Å²) in [6.07, 6.45) is 3.04. The summed E-state index contributed by atoms with van der Waals surface area (Å²) in [4.78, 5) is 14.8. The van der Waals surface area contributed by atoms with E-state index in [0.717, 1.165) is 54.5 Å². The van der Waals surface area contributed by atoms with Crippen LogP contribution in [-0.4, -0.2) is 40.2 Å². The summed E-state index contributed by atoms with van der Waals surface area (Å²) in [6, 6.07) is 8.12. The highest BCUT2D eigenvalue weighted by Crippen LogP contribution is 2.30. The lowest BCUT2D eigenvalue weighted by atomic mass is 10.0. The van der Waals surface area contributed by atoms with Crippen LogP contribution in [0.25, 0.3) is 10.9 Å². The van der Waals surface area contributed by atoms with E-state index >= 15 is 0 Å². The van der Waals surface area contributed by atoms with Crippen molar-refractivity contribution >= 4 is 16.8 Å². The molecule has 4 heteroatoms. The van der Waals surface area contributed by atoms with Crippen molar-refractivity contribution in [2.45, 2.75) is 32.7 Å². The summed E-state index contributed by atoms with van der Waals surface area (Å²) in [5, 5.41) is 10.5. The number of unbranched alkanes of at least 4 members (excludes halogenated alkanes) is 1. The summed E-state index contributed by atoms with van der Waals surface area (Å²) < 4.78 is 1.99. The van der Waals surface area contributed by atoms with Crippen LogP contribution in [0.3, 0.4) is 0 Å². The highest BCUT2D eigenvalue weighted by molar-refractivity contribution is 6.02. The molecule has 1 N–H and O–H groups in total. The summed E-state index contributed by atoms with van der Waals surface area (Å²) in [6.45, 7) is 4.30. The normalized spacial score (nSPS) is 14.8. The predicted molar refractivity (Wildman–Crippen MR) is 83.5 cm³/mol. The molecule has 1 aliphatic rings. The summed E-state index contributed by atoms with van der Waals surface area (Å²) >= 11 is 0. The third kappa shape index (κ3) is 2.33. The van der Waals surface area contributed by atoms with Gasteiger partial charge in [-0.1, -0.05) is 31.5 Å². The Labute approximate surface area is 125 Å². The zero-order valence-corrected chi connectivity index (χ0v) is 12.5. The second-order valence-electron chi connectivity index (χ2n) is 5.62. The monoisotopic (exact) mass is 286 g/mol. The molecule has 4 nitrogen and oxygen atoms in total. The molecule has 0 bridgehead atoms. The lowest BCUT2D eigenvalue weighted by Crippen LogP contribution is -2.39. The van der Waals surface area contributed by atoms with Crippen LogP contribution < -0.4 is 0 Å². The number of nitrogens with zero attached hydrogens (tertiary/aromatic N) is 2. The van der Waals surface area contributed by atoms with Gasteiger partial charge in [0.25, 0.3) is 5.91 Å². The fourth-order valence-electron chi connectivity index (χ4n) is 3.27. The molecule has 21 heavy (non-hydrogen) atoms. The molecule has 0 unspecified atom stereocenters. The van der Waals surface area contributed by atoms with Gasteiger partial charge in [-0.3, -0.25) is 4.79 Å². The number of para-hydroxylation sites is 1. The Bertz CT molecular complexity index is 660. The minimum absolute atomic E-state index is 0.0490. The number of benzene rings is 1. The second kappa shape index (κ2) is 5.90. The lowest BCUT2D eigenvalue weighted by Gasteiger charge is -2.28. The van der Waals surface area contributed by atoms with Gasteiger partial charge in [-0.25, -0.2) is 0 Å². The zero-order chi connectivity index (χ0) is 14.8. The maximum absolute atomic E-state index is 12.8. The van der Waals surface area contributed by atoms with E-state index in [4.69, 9.17) is 0 Å². The SMILES string of the molecule is CCCCN1CCc2c(n(CCO)c3ccccc23)C1=O. The molecule has 1 amide bonds.